The molecule has 0 saturated carbocycles. The summed E-state index contributed by atoms with van der Waals surface area (Å²) in [6, 6.07) is 7.29. The number of para-hydroxylation sites is 1. The van der Waals surface area contributed by atoms with Gasteiger partial charge in [0.2, 0.25) is 11.3 Å². The highest BCUT2D eigenvalue weighted by Gasteiger charge is 2.18. The summed E-state index contributed by atoms with van der Waals surface area (Å²) in [4.78, 5) is 38.5. The molecule has 1 aliphatic heterocycles. The highest BCUT2D eigenvalue weighted by molar-refractivity contribution is 5.92. The lowest BCUT2D eigenvalue weighted by atomic mass is 10.2. The van der Waals surface area contributed by atoms with E-state index in [1.165, 1.54) is 22.9 Å². The zero-order valence-corrected chi connectivity index (χ0v) is 16.5. The van der Waals surface area contributed by atoms with Gasteiger partial charge in [-0.2, -0.15) is 5.10 Å². The topological polar surface area (TPSA) is 84.3 Å². The highest BCUT2D eigenvalue weighted by Crippen LogP contribution is 2.13. The predicted octanol–water partition coefficient (Wildman–Crippen LogP) is 2.20. The summed E-state index contributed by atoms with van der Waals surface area (Å²) in [6.45, 7) is 3.26. The molecule has 154 valence electrons. The number of likely N-dealkylation sites (tertiary alicyclic amines) is 1. The molecule has 1 aromatic heterocycles. The minimum absolute atomic E-state index is 0.154. The summed E-state index contributed by atoms with van der Waals surface area (Å²) in [7, 11) is 0. The molecule has 0 radical (unpaired) electrons. The SMILES string of the molecule is Cc1cc(=O)c(C(=O)NCCCN2CCCCCC2=O)nn1-c1ccccc1F. The van der Waals surface area contributed by atoms with Crippen LogP contribution in [0.1, 0.15) is 48.3 Å². The van der Waals surface area contributed by atoms with E-state index in [4.69, 9.17) is 0 Å². The maximum absolute atomic E-state index is 14.1. The minimum atomic E-state index is -0.609. The number of aromatic nitrogens is 2. The van der Waals surface area contributed by atoms with Crippen LogP contribution in [0, 0.1) is 12.7 Å². The van der Waals surface area contributed by atoms with Gasteiger partial charge < -0.3 is 10.2 Å². The quantitative estimate of drug-likeness (QED) is 0.754. The Hall–Kier alpha value is -3.03. The normalized spacial score (nSPS) is 14.6. The average Bonchev–Trinajstić information content (AvgIpc) is 2.90. The van der Waals surface area contributed by atoms with Gasteiger partial charge in [-0.05, 0) is 38.3 Å². The lowest BCUT2D eigenvalue weighted by Crippen LogP contribution is -2.36. The van der Waals surface area contributed by atoms with Crippen molar-refractivity contribution in [2.75, 3.05) is 19.6 Å². The first-order valence-corrected chi connectivity index (χ1v) is 9.89. The fourth-order valence-corrected chi connectivity index (χ4v) is 3.40. The van der Waals surface area contributed by atoms with Crippen molar-refractivity contribution in [3.8, 4) is 5.69 Å². The Bertz CT molecular complexity index is 957. The van der Waals surface area contributed by atoms with Gasteiger partial charge in [-0.1, -0.05) is 18.6 Å². The minimum Gasteiger partial charge on any atom is -0.350 e. The number of aryl methyl sites for hydroxylation is 1. The van der Waals surface area contributed by atoms with Crippen molar-refractivity contribution in [3.63, 3.8) is 0 Å². The van der Waals surface area contributed by atoms with E-state index in [1.54, 1.807) is 19.1 Å². The second-order valence-electron chi connectivity index (χ2n) is 7.16. The van der Waals surface area contributed by atoms with E-state index >= 15 is 0 Å². The largest absolute Gasteiger partial charge is 0.350 e. The summed E-state index contributed by atoms with van der Waals surface area (Å²) in [5.41, 5.74) is -0.213. The van der Waals surface area contributed by atoms with Crippen molar-refractivity contribution >= 4 is 11.8 Å². The first kappa shape index (κ1) is 20.7. The van der Waals surface area contributed by atoms with Gasteiger partial charge in [0.05, 0.1) is 0 Å². The van der Waals surface area contributed by atoms with Gasteiger partial charge in [0.1, 0.15) is 11.5 Å². The number of halogens is 1. The number of rotatable bonds is 6. The Morgan fingerprint density at radius 1 is 1.21 bits per heavy atom. The fraction of sp³-hybridized carbons (Fsp3) is 0.429. The van der Waals surface area contributed by atoms with Crippen LogP contribution in [0.4, 0.5) is 4.39 Å². The molecular formula is C21H25FN4O3. The molecule has 0 spiro atoms. The number of carbonyl (C=O) groups is 2. The van der Waals surface area contributed by atoms with E-state index in [0.29, 0.717) is 31.6 Å². The summed E-state index contributed by atoms with van der Waals surface area (Å²) < 4.78 is 15.4. The molecule has 3 rings (SSSR count). The van der Waals surface area contributed by atoms with Gasteiger partial charge in [0.25, 0.3) is 5.91 Å². The maximum atomic E-state index is 14.1. The van der Waals surface area contributed by atoms with Crippen molar-refractivity contribution in [1.82, 2.24) is 20.0 Å². The molecule has 2 aromatic rings. The van der Waals surface area contributed by atoms with Gasteiger partial charge in [-0.3, -0.25) is 14.4 Å². The van der Waals surface area contributed by atoms with E-state index in [2.05, 4.69) is 10.4 Å². The molecule has 1 aliphatic rings. The second-order valence-corrected chi connectivity index (χ2v) is 7.16. The van der Waals surface area contributed by atoms with E-state index in [9.17, 15) is 18.8 Å². The number of amides is 2. The first-order valence-electron chi connectivity index (χ1n) is 9.89. The van der Waals surface area contributed by atoms with Crippen LogP contribution < -0.4 is 10.7 Å². The first-order chi connectivity index (χ1) is 14.0. The number of hydrogen-bond acceptors (Lipinski definition) is 4. The Morgan fingerprint density at radius 3 is 2.79 bits per heavy atom. The monoisotopic (exact) mass is 400 g/mol. The Morgan fingerprint density at radius 2 is 2.00 bits per heavy atom. The lowest BCUT2D eigenvalue weighted by Gasteiger charge is -2.20. The third-order valence-corrected chi connectivity index (χ3v) is 4.96. The van der Waals surface area contributed by atoms with Crippen LogP contribution in [0.25, 0.3) is 5.69 Å². The molecule has 0 unspecified atom stereocenters. The second kappa shape index (κ2) is 9.45. The van der Waals surface area contributed by atoms with Crippen molar-refractivity contribution in [2.24, 2.45) is 0 Å². The molecule has 0 aliphatic carbocycles. The Kier molecular flexibility index (Phi) is 6.74. The molecule has 1 N–H and O–H groups in total. The van der Waals surface area contributed by atoms with Crippen LogP contribution in [0.3, 0.4) is 0 Å². The smallest absolute Gasteiger partial charge is 0.275 e. The summed E-state index contributed by atoms with van der Waals surface area (Å²) >= 11 is 0. The summed E-state index contributed by atoms with van der Waals surface area (Å²) in [5, 5.41) is 6.76. The van der Waals surface area contributed by atoms with Crippen LogP contribution in [0.15, 0.2) is 35.1 Å². The molecule has 8 heteroatoms. The lowest BCUT2D eigenvalue weighted by molar-refractivity contribution is -0.130. The van der Waals surface area contributed by atoms with Crippen molar-refractivity contribution in [1.29, 1.82) is 0 Å². The molecule has 7 nitrogen and oxygen atoms in total. The third-order valence-electron chi connectivity index (χ3n) is 4.96. The molecule has 1 aromatic carbocycles. The number of hydrogen-bond donors (Lipinski definition) is 1. The molecule has 1 saturated heterocycles. The van der Waals surface area contributed by atoms with Gasteiger partial charge >= 0.3 is 0 Å². The Balaban J connectivity index is 1.65. The zero-order valence-electron chi connectivity index (χ0n) is 16.5. The van der Waals surface area contributed by atoms with E-state index in [1.807, 2.05) is 4.90 Å². The van der Waals surface area contributed by atoms with E-state index < -0.39 is 17.2 Å². The fourth-order valence-electron chi connectivity index (χ4n) is 3.40. The van der Waals surface area contributed by atoms with Crippen LogP contribution in [0.2, 0.25) is 0 Å². The summed E-state index contributed by atoms with van der Waals surface area (Å²) in [5.74, 6) is -0.954. The third kappa shape index (κ3) is 5.07. The van der Waals surface area contributed by atoms with Crippen LogP contribution in [-0.4, -0.2) is 46.1 Å². The molecule has 1 fully saturated rings. The van der Waals surface area contributed by atoms with Crippen molar-refractivity contribution in [3.05, 3.63) is 57.8 Å². The molecule has 0 atom stereocenters. The zero-order chi connectivity index (χ0) is 20.8. The molecule has 2 heterocycles. The van der Waals surface area contributed by atoms with Crippen LogP contribution in [0.5, 0.6) is 0 Å². The number of nitrogens with one attached hydrogen (secondary N) is 1. The number of benzene rings is 1. The van der Waals surface area contributed by atoms with Gasteiger partial charge in [-0.15, -0.1) is 0 Å². The maximum Gasteiger partial charge on any atom is 0.275 e. The Labute approximate surface area is 168 Å². The van der Waals surface area contributed by atoms with Gasteiger partial charge in [0.15, 0.2) is 5.69 Å². The molecule has 0 bridgehead atoms. The van der Waals surface area contributed by atoms with Gasteiger partial charge in [-0.25, -0.2) is 9.07 Å². The highest BCUT2D eigenvalue weighted by atomic mass is 19.1. The molecule has 2 amide bonds. The van der Waals surface area contributed by atoms with Crippen LogP contribution >= 0.6 is 0 Å². The standard InChI is InChI=1S/C21H25FN4O3/c1-15-14-18(27)20(24-26(15)17-9-5-4-8-16(17)22)21(29)23-11-7-13-25-12-6-2-3-10-19(25)28/h4-5,8-9,14H,2-3,6-7,10-13H2,1H3,(H,23,29). The summed E-state index contributed by atoms with van der Waals surface area (Å²) in [6.07, 6.45) is 4.16. The molecular weight excluding hydrogens is 375 g/mol. The van der Waals surface area contributed by atoms with Gasteiger partial charge in [0, 0.05) is 37.8 Å². The van der Waals surface area contributed by atoms with Crippen LogP contribution in [-0.2, 0) is 4.79 Å². The number of nitrogens with zero attached hydrogens (tertiary/aromatic N) is 3. The number of carbonyl (C=O) groups excluding carboxylic acids is 2. The van der Waals surface area contributed by atoms with Crippen molar-refractivity contribution in [2.45, 2.75) is 39.0 Å². The van der Waals surface area contributed by atoms with E-state index in [0.717, 1.165) is 25.8 Å². The molecule has 29 heavy (non-hydrogen) atoms. The predicted molar refractivity (Wildman–Crippen MR) is 107 cm³/mol. The van der Waals surface area contributed by atoms with Crippen molar-refractivity contribution < 1.29 is 14.0 Å². The average molecular weight is 400 g/mol. The van der Waals surface area contributed by atoms with E-state index in [-0.39, 0.29) is 17.3 Å².